The van der Waals surface area contributed by atoms with Crippen molar-refractivity contribution in [3.05, 3.63) is 12.2 Å². The van der Waals surface area contributed by atoms with Crippen LogP contribution in [0.4, 0.5) is 0 Å². The zero-order chi connectivity index (χ0) is 16.7. The average Bonchev–Trinajstić information content (AvgIpc) is 2.45. The Hall–Kier alpha value is -0.613. The van der Waals surface area contributed by atoms with Gasteiger partial charge < -0.3 is 10.2 Å². The molecule has 0 aliphatic rings. The highest BCUT2D eigenvalue weighted by atomic mass is 28.1. The molecule has 22 heavy (non-hydrogen) atoms. The number of hydrogen-bond acceptors (Lipinski definition) is 2. The van der Waals surface area contributed by atoms with Gasteiger partial charge in [-0.1, -0.05) is 64.0 Å². The number of hydrogen-bond donors (Lipinski definition) is 2. The molecule has 130 valence electrons. The zero-order valence-electron chi connectivity index (χ0n) is 14.6. The van der Waals surface area contributed by atoms with E-state index in [1.54, 1.807) is 0 Å². The van der Waals surface area contributed by atoms with Crippen LogP contribution < -0.4 is 0 Å². The van der Waals surface area contributed by atoms with Gasteiger partial charge in [0.05, 0.1) is 0 Å². The molecule has 0 fully saturated rings. The fraction of sp³-hybridized carbons (Fsp3) is 0.833. The number of carboxylic acid groups (broad SMARTS) is 1. The zero-order valence-corrected chi connectivity index (χ0v) is 16.6. The largest absolute Gasteiger partial charge is 0.481 e. The van der Waals surface area contributed by atoms with Crippen molar-refractivity contribution in [2.45, 2.75) is 95.6 Å². The summed E-state index contributed by atoms with van der Waals surface area (Å²) in [5.74, 6) is -0.687. The summed E-state index contributed by atoms with van der Waals surface area (Å²) in [6.07, 6.45) is 17.7. The standard InChI is InChI=1S/C18H36O3Si/c1-2-3-4-12-15-18(21,22)16-13-10-8-6-5-7-9-11-14-17(19)20/h10,13,21H,2-9,11-12,14-16H2,1,22H3,(H,19,20)/b13-10-/t18-/m0/s1. The predicted octanol–water partition coefficient (Wildman–Crippen LogP) is 3.77. The van der Waals surface area contributed by atoms with E-state index in [0.29, 0.717) is 6.42 Å². The van der Waals surface area contributed by atoms with Gasteiger partial charge in [0.2, 0.25) is 0 Å². The van der Waals surface area contributed by atoms with Gasteiger partial charge in [0.1, 0.15) is 0 Å². The minimum absolute atomic E-state index is 0.303. The molecule has 0 bridgehead atoms. The lowest BCUT2D eigenvalue weighted by Crippen LogP contribution is -2.27. The monoisotopic (exact) mass is 328 g/mol. The van der Waals surface area contributed by atoms with Crippen LogP contribution in [0.1, 0.15) is 90.4 Å². The maximum Gasteiger partial charge on any atom is 0.303 e. The first kappa shape index (κ1) is 21.4. The maximum atomic E-state index is 10.4. The Morgan fingerprint density at radius 1 is 1.00 bits per heavy atom. The second-order valence-electron chi connectivity index (χ2n) is 6.68. The van der Waals surface area contributed by atoms with Crippen molar-refractivity contribution in [1.82, 2.24) is 0 Å². The molecule has 0 heterocycles. The quantitative estimate of drug-likeness (QED) is 0.273. The van der Waals surface area contributed by atoms with E-state index in [2.05, 4.69) is 19.1 Å². The van der Waals surface area contributed by atoms with Gasteiger partial charge in [-0.3, -0.25) is 4.79 Å². The number of carbonyl (C=O) groups is 1. The lowest BCUT2D eigenvalue weighted by atomic mass is 10.1. The van der Waals surface area contributed by atoms with Crippen molar-refractivity contribution in [2.24, 2.45) is 0 Å². The topological polar surface area (TPSA) is 57.5 Å². The fourth-order valence-corrected chi connectivity index (χ4v) is 3.15. The SMILES string of the molecule is CCCCCC[C@](O)([SiH3])C/C=C\CCCCCCCC(=O)O. The van der Waals surface area contributed by atoms with Crippen LogP contribution in [-0.4, -0.2) is 31.6 Å². The summed E-state index contributed by atoms with van der Waals surface area (Å²) in [6, 6.07) is 0. The van der Waals surface area contributed by atoms with Crippen molar-refractivity contribution < 1.29 is 15.0 Å². The molecule has 0 saturated carbocycles. The van der Waals surface area contributed by atoms with E-state index in [1.165, 1.54) is 32.1 Å². The van der Waals surface area contributed by atoms with Gasteiger partial charge in [0.25, 0.3) is 0 Å². The van der Waals surface area contributed by atoms with Crippen LogP contribution in [0.25, 0.3) is 0 Å². The van der Waals surface area contributed by atoms with Gasteiger partial charge in [-0.05, 0) is 32.1 Å². The number of aliphatic carboxylic acids is 1. The van der Waals surface area contributed by atoms with Crippen molar-refractivity contribution in [1.29, 1.82) is 0 Å². The smallest absolute Gasteiger partial charge is 0.303 e. The molecule has 2 N–H and O–H groups in total. The van der Waals surface area contributed by atoms with Crippen LogP contribution in [-0.2, 0) is 4.79 Å². The summed E-state index contributed by atoms with van der Waals surface area (Å²) in [4.78, 5) is 10.4. The summed E-state index contributed by atoms with van der Waals surface area (Å²) in [6.45, 7) is 2.21. The lowest BCUT2D eigenvalue weighted by Gasteiger charge is -2.21. The minimum Gasteiger partial charge on any atom is -0.481 e. The van der Waals surface area contributed by atoms with Gasteiger partial charge in [-0.15, -0.1) is 0 Å². The highest BCUT2D eigenvalue weighted by Crippen LogP contribution is 2.17. The molecule has 0 radical (unpaired) electrons. The highest BCUT2D eigenvalue weighted by molar-refractivity contribution is 6.14. The molecular formula is C18H36O3Si. The van der Waals surface area contributed by atoms with Gasteiger partial charge in [0, 0.05) is 21.9 Å². The number of carboxylic acids is 1. The summed E-state index contributed by atoms with van der Waals surface area (Å²) >= 11 is 0. The van der Waals surface area contributed by atoms with Gasteiger partial charge >= 0.3 is 5.97 Å². The van der Waals surface area contributed by atoms with Crippen LogP contribution in [0.3, 0.4) is 0 Å². The molecule has 0 aromatic carbocycles. The molecule has 0 amide bonds. The van der Waals surface area contributed by atoms with E-state index in [9.17, 15) is 9.90 Å². The molecule has 3 nitrogen and oxygen atoms in total. The van der Waals surface area contributed by atoms with Crippen molar-refractivity contribution in [2.75, 3.05) is 0 Å². The Morgan fingerprint density at radius 2 is 1.64 bits per heavy atom. The van der Waals surface area contributed by atoms with E-state index in [0.717, 1.165) is 55.2 Å². The van der Waals surface area contributed by atoms with Gasteiger partial charge in [0.15, 0.2) is 0 Å². The molecule has 0 unspecified atom stereocenters. The molecule has 0 aliphatic heterocycles. The molecule has 0 aromatic heterocycles. The Kier molecular flexibility index (Phi) is 13.6. The Labute approximate surface area is 139 Å². The number of allylic oxidation sites excluding steroid dienone is 1. The van der Waals surface area contributed by atoms with Crippen LogP contribution in [0, 0.1) is 0 Å². The van der Waals surface area contributed by atoms with Crippen LogP contribution in [0.5, 0.6) is 0 Å². The third-order valence-corrected chi connectivity index (χ3v) is 4.96. The van der Waals surface area contributed by atoms with Crippen LogP contribution in [0.15, 0.2) is 12.2 Å². The van der Waals surface area contributed by atoms with Crippen LogP contribution >= 0.6 is 0 Å². The summed E-state index contributed by atoms with van der Waals surface area (Å²) in [7, 11) is 0.842. The molecule has 1 atom stereocenters. The Balaban J connectivity index is 3.46. The van der Waals surface area contributed by atoms with Crippen LogP contribution in [0.2, 0.25) is 0 Å². The normalized spacial score (nSPS) is 14.5. The molecule has 4 heteroatoms. The second kappa shape index (κ2) is 14.0. The first-order valence-electron chi connectivity index (χ1n) is 9.07. The van der Waals surface area contributed by atoms with E-state index in [1.807, 2.05) is 0 Å². The predicted molar refractivity (Wildman–Crippen MR) is 97.4 cm³/mol. The van der Waals surface area contributed by atoms with E-state index in [-0.39, 0.29) is 0 Å². The number of aliphatic hydroxyl groups is 1. The first-order valence-corrected chi connectivity index (χ1v) is 10.1. The molecule has 0 rings (SSSR count). The van der Waals surface area contributed by atoms with E-state index >= 15 is 0 Å². The first-order chi connectivity index (χ1) is 10.5. The molecule has 0 aliphatic carbocycles. The van der Waals surface area contributed by atoms with E-state index in [4.69, 9.17) is 5.11 Å². The minimum atomic E-state index is -0.687. The highest BCUT2D eigenvalue weighted by Gasteiger charge is 2.17. The van der Waals surface area contributed by atoms with Gasteiger partial charge in [-0.2, -0.15) is 0 Å². The average molecular weight is 329 g/mol. The number of unbranched alkanes of at least 4 members (excludes halogenated alkanes) is 8. The van der Waals surface area contributed by atoms with E-state index < -0.39 is 11.2 Å². The second-order valence-corrected chi connectivity index (χ2v) is 8.54. The van der Waals surface area contributed by atoms with Crippen molar-refractivity contribution in [3.8, 4) is 0 Å². The molecular weight excluding hydrogens is 292 g/mol. The van der Waals surface area contributed by atoms with Gasteiger partial charge in [-0.25, -0.2) is 0 Å². The Bertz CT molecular complexity index is 301. The number of rotatable bonds is 15. The summed E-state index contributed by atoms with van der Waals surface area (Å²) in [5.41, 5.74) is 0. The summed E-state index contributed by atoms with van der Waals surface area (Å²) in [5, 5.41) is 18.4. The van der Waals surface area contributed by atoms with Crippen molar-refractivity contribution in [3.63, 3.8) is 0 Å². The maximum absolute atomic E-state index is 10.4. The molecule has 0 saturated heterocycles. The molecule has 0 aromatic rings. The molecule has 0 spiro atoms. The Morgan fingerprint density at radius 3 is 2.32 bits per heavy atom. The van der Waals surface area contributed by atoms with Crippen molar-refractivity contribution >= 4 is 16.2 Å². The lowest BCUT2D eigenvalue weighted by molar-refractivity contribution is -0.137. The summed E-state index contributed by atoms with van der Waals surface area (Å²) < 4.78 is 0. The third-order valence-electron chi connectivity index (χ3n) is 4.05. The third kappa shape index (κ3) is 15.8. The fourth-order valence-electron chi connectivity index (χ4n) is 2.56.